The molecule has 5 atom stereocenters. The highest BCUT2D eigenvalue weighted by atomic mass is 16.4. The van der Waals surface area contributed by atoms with Crippen LogP contribution in [-0.4, -0.2) is 34.4 Å². The summed E-state index contributed by atoms with van der Waals surface area (Å²) in [6.45, 7) is 8.56. The number of hydrogen-bond acceptors (Lipinski definition) is 3. The van der Waals surface area contributed by atoms with Gasteiger partial charge in [0, 0.05) is 18.5 Å². The highest BCUT2D eigenvalue weighted by Crippen LogP contribution is 2.56. The predicted octanol–water partition coefficient (Wildman–Crippen LogP) is 3.52. The molecule has 0 aromatic carbocycles. The molecule has 1 saturated heterocycles. The van der Waals surface area contributed by atoms with Gasteiger partial charge in [0.15, 0.2) is 0 Å². The van der Waals surface area contributed by atoms with Crippen molar-refractivity contribution in [3.63, 3.8) is 0 Å². The Morgan fingerprint density at radius 1 is 1.20 bits per heavy atom. The van der Waals surface area contributed by atoms with Crippen LogP contribution in [0.15, 0.2) is 5.16 Å². The van der Waals surface area contributed by atoms with E-state index < -0.39 is 0 Å². The SMILES string of the molecule is CC1(C)C[C@@H]2C[C@](C)(CN2[C@H]2/C(=N\O)[C@H]3CC[C@@H]2C3)C1. The summed E-state index contributed by atoms with van der Waals surface area (Å²) >= 11 is 0. The molecule has 1 heterocycles. The normalized spacial score (nSPS) is 52.0. The van der Waals surface area contributed by atoms with Gasteiger partial charge in [-0.25, -0.2) is 0 Å². The van der Waals surface area contributed by atoms with Crippen LogP contribution in [0.25, 0.3) is 0 Å². The molecule has 4 rings (SSSR count). The largest absolute Gasteiger partial charge is 0.411 e. The van der Waals surface area contributed by atoms with E-state index in [1.807, 2.05) is 0 Å². The molecule has 4 fully saturated rings. The zero-order chi connectivity index (χ0) is 14.1. The lowest BCUT2D eigenvalue weighted by molar-refractivity contribution is 0.118. The Bertz CT molecular complexity index is 458. The van der Waals surface area contributed by atoms with E-state index in [0.717, 1.165) is 11.6 Å². The van der Waals surface area contributed by atoms with E-state index in [1.54, 1.807) is 0 Å². The average Bonchev–Trinajstić information content (AvgIpc) is 2.98. The van der Waals surface area contributed by atoms with Gasteiger partial charge in [0.2, 0.25) is 0 Å². The summed E-state index contributed by atoms with van der Waals surface area (Å²) in [7, 11) is 0. The smallest absolute Gasteiger partial charge is 0.0775 e. The lowest BCUT2D eigenvalue weighted by Gasteiger charge is -2.41. The molecule has 1 N–H and O–H groups in total. The standard InChI is InChI=1S/C17H28N2O/c1-16(2)7-13-8-17(3,9-16)10-19(13)15-12-5-4-11(6-12)14(15)18-20/h11-13,15,20H,4-10H2,1-3H3/b18-14-/t11-,12+,13+,15+,17-/m0/s1. The maximum atomic E-state index is 9.49. The molecule has 0 spiro atoms. The van der Waals surface area contributed by atoms with Gasteiger partial charge in [-0.15, -0.1) is 0 Å². The molecular formula is C17H28N2O. The van der Waals surface area contributed by atoms with E-state index in [2.05, 4.69) is 30.8 Å². The van der Waals surface area contributed by atoms with Gasteiger partial charge in [-0.05, 0) is 55.3 Å². The van der Waals surface area contributed by atoms with Crippen LogP contribution in [0.4, 0.5) is 0 Å². The molecule has 3 heteroatoms. The molecule has 3 nitrogen and oxygen atoms in total. The van der Waals surface area contributed by atoms with Gasteiger partial charge < -0.3 is 5.21 Å². The summed E-state index contributed by atoms with van der Waals surface area (Å²) in [4.78, 5) is 2.74. The van der Waals surface area contributed by atoms with E-state index >= 15 is 0 Å². The van der Waals surface area contributed by atoms with E-state index in [0.29, 0.717) is 28.8 Å². The fraction of sp³-hybridized carbons (Fsp3) is 0.941. The van der Waals surface area contributed by atoms with Gasteiger partial charge in [-0.2, -0.15) is 0 Å². The molecular weight excluding hydrogens is 248 g/mol. The summed E-state index contributed by atoms with van der Waals surface area (Å²) in [6, 6.07) is 1.17. The van der Waals surface area contributed by atoms with Crippen LogP contribution >= 0.6 is 0 Å². The fourth-order valence-electron chi connectivity index (χ4n) is 6.47. The first-order valence-electron chi connectivity index (χ1n) is 8.38. The van der Waals surface area contributed by atoms with Crippen molar-refractivity contribution < 1.29 is 5.21 Å². The van der Waals surface area contributed by atoms with E-state index in [9.17, 15) is 5.21 Å². The van der Waals surface area contributed by atoms with Crippen LogP contribution in [0, 0.1) is 22.7 Å². The van der Waals surface area contributed by atoms with Crippen molar-refractivity contribution >= 4 is 5.71 Å². The second kappa shape index (κ2) is 4.00. The quantitative estimate of drug-likeness (QED) is 0.587. The maximum Gasteiger partial charge on any atom is 0.0775 e. The molecule has 20 heavy (non-hydrogen) atoms. The summed E-state index contributed by atoms with van der Waals surface area (Å²) in [6.07, 6.45) is 7.88. The van der Waals surface area contributed by atoms with Gasteiger partial charge in [0.1, 0.15) is 0 Å². The van der Waals surface area contributed by atoms with Crippen molar-refractivity contribution in [2.24, 2.45) is 27.8 Å². The Balaban J connectivity index is 1.64. The van der Waals surface area contributed by atoms with Gasteiger partial charge in [0.25, 0.3) is 0 Å². The molecule has 0 radical (unpaired) electrons. The van der Waals surface area contributed by atoms with Gasteiger partial charge >= 0.3 is 0 Å². The minimum atomic E-state index is 0.458. The van der Waals surface area contributed by atoms with Gasteiger partial charge in [-0.1, -0.05) is 25.9 Å². The Hall–Kier alpha value is -0.570. The fourth-order valence-corrected chi connectivity index (χ4v) is 6.47. The Morgan fingerprint density at radius 2 is 2.00 bits per heavy atom. The lowest BCUT2D eigenvalue weighted by Crippen LogP contribution is -2.47. The van der Waals surface area contributed by atoms with Crippen LogP contribution in [0.3, 0.4) is 0 Å². The van der Waals surface area contributed by atoms with E-state index in [4.69, 9.17) is 0 Å². The Kier molecular flexibility index (Phi) is 2.62. The minimum absolute atomic E-state index is 0.458. The molecule has 0 unspecified atom stereocenters. The molecule has 4 bridgehead atoms. The molecule has 0 aromatic heterocycles. The third-order valence-corrected chi connectivity index (χ3v) is 6.57. The minimum Gasteiger partial charge on any atom is -0.411 e. The maximum absolute atomic E-state index is 9.49. The number of likely N-dealkylation sites (tertiary alicyclic amines) is 1. The van der Waals surface area contributed by atoms with Crippen molar-refractivity contribution in [1.82, 2.24) is 4.90 Å². The molecule has 4 aliphatic rings. The number of oxime groups is 1. The first-order valence-corrected chi connectivity index (χ1v) is 8.38. The highest BCUT2D eigenvalue weighted by molar-refractivity contribution is 5.94. The third-order valence-electron chi connectivity index (χ3n) is 6.57. The zero-order valence-corrected chi connectivity index (χ0v) is 13.1. The molecule has 0 amide bonds. The van der Waals surface area contributed by atoms with Crippen LogP contribution in [0.5, 0.6) is 0 Å². The number of rotatable bonds is 1. The second-order valence-electron chi connectivity index (χ2n) is 9.13. The average molecular weight is 276 g/mol. The molecule has 3 aliphatic carbocycles. The van der Waals surface area contributed by atoms with Crippen LogP contribution in [0.1, 0.15) is 59.3 Å². The molecule has 3 saturated carbocycles. The Labute approximate surface area is 122 Å². The lowest BCUT2D eigenvalue weighted by atomic mass is 9.65. The van der Waals surface area contributed by atoms with E-state index in [-0.39, 0.29) is 0 Å². The predicted molar refractivity (Wildman–Crippen MR) is 80.1 cm³/mol. The monoisotopic (exact) mass is 276 g/mol. The summed E-state index contributed by atoms with van der Waals surface area (Å²) in [5, 5.41) is 13.2. The first-order chi connectivity index (χ1) is 9.41. The summed E-state index contributed by atoms with van der Waals surface area (Å²) in [5.41, 5.74) is 2.07. The highest BCUT2D eigenvalue weighted by Gasteiger charge is 2.56. The summed E-state index contributed by atoms with van der Waals surface area (Å²) < 4.78 is 0. The number of nitrogens with zero attached hydrogens (tertiary/aromatic N) is 2. The second-order valence-corrected chi connectivity index (χ2v) is 9.13. The molecule has 0 aromatic rings. The number of fused-ring (bicyclic) bond motifs is 4. The van der Waals surface area contributed by atoms with Crippen LogP contribution in [0.2, 0.25) is 0 Å². The first kappa shape index (κ1) is 13.1. The van der Waals surface area contributed by atoms with Crippen LogP contribution < -0.4 is 0 Å². The van der Waals surface area contributed by atoms with Crippen molar-refractivity contribution in [2.45, 2.75) is 71.4 Å². The molecule has 112 valence electrons. The third kappa shape index (κ3) is 1.78. The summed E-state index contributed by atoms with van der Waals surface area (Å²) in [5.74, 6) is 1.34. The van der Waals surface area contributed by atoms with Gasteiger partial charge in [0.05, 0.1) is 11.8 Å². The van der Waals surface area contributed by atoms with Crippen molar-refractivity contribution in [1.29, 1.82) is 0 Å². The van der Waals surface area contributed by atoms with Crippen molar-refractivity contribution in [2.75, 3.05) is 6.54 Å². The Morgan fingerprint density at radius 3 is 2.75 bits per heavy atom. The topological polar surface area (TPSA) is 35.8 Å². The molecule has 1 aliphatic heterocycles. The van der Waals surface area contributed by atoms with Crippen molar-refractivity contribution in [3.05, 3.63) is 0 Å². The number of hydrogen-bond donors (Lipinski definition) is 1. The zero-order valence-electron chi connectivity index (χ0n) is 13.1. The van der Waals surface area contributed by atoms with E-state index in [1.165, 1.54) is 45.1 Å². The van der Waals surface area contributed by atoms with Gasteiger partial charge in [-0.3, -0.25) is 4.90 Å². The van der Waals surface area contributed by atoms with Crippen molar-refractivity contribution in [3.8, 4) is 0 Å². The van der Waals surface area contributed by atoms with Crippen LogP contribution in [-0.2, 0) is 0 Å².